The van der Waals surface area contributed by atoms with Gasteiger partial charge in [-0.05, 0) is 49.1 Å². The molecular formula is C26H32N4O5. The summed E-state index contributed by atoms with van der Waals surface area (Å²) in [6.07, 6.45) is 7.34. The Bertz CT molecular complexity index is 1040. The number of pyridine rings is 1. The summed E-state index contributed by atoms with van der Waals surface area (Å²) in [5.74, 6) is 0.573. The standard InChI is InChI=1S/C26H32N4O5/c31-15-23-25-21(11-19(34-23)12-24(32)28-14-16-4-3-9-27-13-16)20-10-18(7-8-22(20)35-25)30-26(33)29-17-5-1-2-6-17/h3-4,7-10,13,17,19,21,23,25,31H,1-2,5-6,11-12,14-15H2,(H,28,32)(H2,29,30,33)/t19-,21+,23+,25-/m0/s1. The number of carbonyl (C=O) groups excluding carboxylic acids is 2. The zero-order valence-electron chi connectivity index (χ0n) is 19.6. The fourth-order valence-electron chi connectivity index (χ4n) is 5.37. The summed E-state index contributed by atoms with van der Waals surface area (Å²) in [5.41, 5.74) is 2.59. The normalized spacial score (nSPS) is 25.3. The Balaban J connectivity index is 1.22. The summed E-state index contributed by atoms with van der Waals surface area (Å²) in [6, 6.07) is 9.39. The van der Waals surface area contributed by atoms with E-state index in [2.05, 4.69) is 20.9 Å². The molecule has 4 N–H and O–H groups in total. The quantitative estimate of drug-likeness (QED) is 0.484. The molecule has 1 saturated carbocycles. The molecule has 1 aromatic heterocycles. The van der Waals surface area contributed by atoms with E-state index in [1.165, 1.54) is 0 Å². The Hall–Kier alpha value is -3.17. The number of amides is 3. The highest BCUT2D eigenvalue weighted by Gasteiger charge is 2.46. The minimum absolute atomic E-state index is 0.0355. The van der Waals surface area contributed by atoms with Crippen LogP contribution in [-0.2, 0) is 16.1 Å². The van der Waals surface area contributed by atoms with Gasteiger partial charge in [0.05, 0.1) is 19.1 Å². The molecule has 1 aromatic carbocycles. The van der Waals surface area contributed by atoms with E-state index < -0.39 is 6.10 Å². The number of carbonyl (C=O) groups is 2. The lowest BCUT2D eigenvalue weighted by atomic mass is 9.84. The highest BCUT2D eigenvalue weighted by molar-refractivity contribution is 5.89. The van der Waals surface area contributed by atoms with Gasteiger partial charge in [0, 0.05) is 42.1 Å². The van der Waals surface area contributed by atoms with Crippen molar-refractivity contribution in [2.45, 2.75) is 75.3 Å². The molecule has 9 heteroatoms. The van der Waals surface area contributed by atoms with Crippen LogP contribution in [0, 0.1) is 0 Å². The number of aromatic nitrogens is 1. The summed E-state index contributed by atoms with van der Waals surface area (Å²) in [4.78, 5) is 29.1. The lowest BCUT2D eigenvalue weighted by molar-refractivity contribution is -0.142. The Morgan fingerprint density at radius 3 is 2.80 bits per heavy atom. The molecule has 2 fully saturated rings. The Labute approximate surface area is 204 Å². The van der Waals surface area contributed by atoms with Crippen molar-refractivity contribution in [2.24, 2.45) is 0 Å². The molecule has 5 rings (SSSR count). The minimum Gasteiger partial charge on any atom is -0.487 e. The molecule has 0 radical (unpaired) electrons. The monoisotopic (exact) mass is 480 g/mol. The lowest BCUT2D eigenvalue weighted by Gasteiger charge is -2.37. The van der Waals surface area contributed by atoms with Gasteiger partial charge in [-0.15, -0.1) is 0 Å². The highest BCUT2D eigenvalue weighted by atomic mass is 16.6. The maximum absolute atomic E-state index is 12.6. The number of hydrogen-bond acceptors (Lipinski definition) is 6. The van der Waals surface area contributed by atoms with Gasteiger partial charge in [-0.25, -0.2) is 4.79 Å². The number of nitrogens with zero attached hydrogens (tertiary/aromatic N) is 1. The van der Waals surface area contributed by atoms with Gasteiger partial charge in [-0.1, -0.05) is 18.9 Å². The average Bonchev–Trinajstić information content (AvgIpc) is 3.50. The van der Waals surface area contributed by atoms with Crippen molar-refractivity contribution in [1.82, 2.24) is 15.6 Å². The minimum atomic E-state index is -0.528. The molecule has 186 valence electrons. The number of fused-ring (bicyclic) bond motifs is 3. The number of aliphatic hydroxyl groups is 1. The fraction of sp³-hybridized carbons (Fsp3) is 0.500. The van der Waals surface area contributed by atoms with E-state index >= 15 is 0 Å². The van der Waals surface area contributed by atoms with Crippen molar-refractivity contribution in [3.05, 3.63) is 53.9 Å². The number of ether oxygens (including phenoxy) is 2. The van der Waals surface area contributed by atoms with Crippen LogP contribution in [0.1, 0.15) is 55.6 Å². The number of rotatable bonds is 7. The maximum Gasteiger partial charge on any atom is 0.319 e. The second-order valence-electron chi connectivity index (χ2n) is 9.58. The van der Waals surface area contributed by atoms with E-state index in [4.69, 9.17) is 9.47 Å². The molecule has 0 unspecified atom stereocenters. The van der Waals surface area contributed by atoms with Gasteiger partial charge in [0.2, 0.25) is 5.91 Å². The predicted molar refractivity (Wildman–Crippen MR) is 129 cm³/mol. The molecule has 2 aliphatic heterocycles. The molecule has 3 aliphatic rings. The summed E-state index contributed by atoms with van der Waals surface area (Å²) in [7, 11) is 0. The first kappa shape index (κ1) is 23.6. The molecule has 4 atom stereocenters. The number of urea groups is 1. The zero-order chi connectivity index (χ0) is 24.2. The van der Waals surface area contributed by atoms with Crippen LogP contribution in [0.2, 0.25) is 0 Å². The van der Waals surface area contributed by atoms with Crippen LogP contribution in [0.5, 0.6) is 5.75 Å². The number of aliphatic hydroxyl groups excluding tert-OH is 1. The van der Waals surface area contributed by atoms with Gasteiger partial charge in [-0.3, -0.25) is 9.78 Å². The predicted octanol–water partition coefficient (Wildman–Crippen LogP) is 2.85. The molecule has 1 saturated heterocycles. The molecule has 0 spiro atoms. The zero-order valence-corrected chi connectivity index (χ0v) is 19.6. The van der Waals surface area contributed by atoms with E-state index in [9.17, 15) is 14.7 Å². The second kappa shape index (κ2) is 10.6. The van der Waals surface area contributed by atoms with E-state index in [0.29, 0.717) is 18.7 Å². The first-order chi connectivity index (χ1) is 17.1. The van der Waals surface area contributed by atoms with Crippen molar-refractivity contribution in [1.29, 1.82) is 0 Å². The van der Waals surface area contributed by atoms with Crippen LogP contribution in [0.3, 0.4) is 0 Å². The van der Waals surface area contributed by atoms with Crippen molar-refractivity contribution >= 4 is 17.6 Å². The first-order valence-electron chi connectivity index (χ1n) is 12.4. The summed E-state index contributed by atoms with van der Waals surface area (Å²) in [6.45, 7) is 0.205. The van der Waals surface area contributed by atoms with Crippen LogP contribution in [-0.4, -0.2) is 53.0 Å². The Morgan fingerprint density at radius 1 is 1.17 bits per heavy atom. The van der Waals surface area contributed by atoms with Crippen molar-refractivity contribution in [2.75, 3.05) is 11.9 Å². The third-order valence-corrected chi connectivity index (χ3v) is 7.07. The molecule has 3 amide bonds. The van der Waals surface area contributed by atoms with Gasteiger partial charge in [0.25, 0.3) is 0 Å². The van der Waals surface area contributed by atoms with Gasteiger partial charge in [0.1, 0.15) is 18.0 Å². The van der Waals surface area contributed by atoms with E-state index in [1.54, 1.807) is 12.4 Å². The van der Waals surface area contributed by atoms with Crippen molar-refractivity contribution in [3.8, 4) is 5.75 Å². The average molecular weight is 481 g/mol. The summed E-state index contributed by atoms with van der Waals surface area (Å²) in [5, 5.41) is 18.8. The third kappa shape index (κ3) is 5.57. The maximum atomic E-state index is 12.6. The van der Waals surface area contributed by atoms with E-state index in [1.807, 2.05) is 30.3 Å². The largest absolute Gasteiger partial charge is 0.487 e. The molecule has 9 nitrogen and oxygen atoms in total. The Kier molecular flexibility index (Phi) is 7.15. The van der Waals surface area contributed by atoms with E-state index in [0.717, 1.165) is 42.6 Å². The van der Waals surface area contributed by atoms with Crippen LogP contribution < -0.4 is 20.7 Å². The topological polar surface area (TPSA) is 122 Å². The molecule has 3 heterocycles. The van der Waals surface area contributed by atoms with Crippen LogP contribution in [0.4, 0.5) is 10.5 Å². The molecule has 1 aliphatic carbocycles. The van der Waals surface area contributed by atoms with Gasteiger partial charge in [-0.2, -0.15) is 0 Å². The van der Waals surface area contributed by atoms with Crippen LogP contribution in [0.25, 0.3) is 0 Å². The SMILES string of the molecule is O=C(C[C@@H]1C[C@@H]2c3cc(NC(=O)NC4CCCC4)ccc3O[C@@H]2[C@@H](CO)O1)NCc1cccnc1. The number of hydrogen-bond donors (Lipinski definition) is 4. The first-order valence-corrected chi connectivity index (χ1v) is 12.4. The summed E-state index contributed by atoms with van der Waals surface area (Å²) >= 11 is 0. The van der Waals surface area contributed by atoms with Gasteiger partial charge >= 0.3 is 6.03 Å². The number of nitrogens with one attached hydrogen (secondary N) is 3. The molecule has 2 aromatic rings. The van der Waals surface area contributed by atoms with Crippen LogP contribution in [0.15, 0.2) is 42.7 Å². The molecule has 35 heavy (non-hydrogen) atoms. The number of benzene rings is 1. The smallest absolute Gasteiger partial charge is 0.319 e. The fourth-order valence-corrected chi connectivity index (χ4v) is 5.37. The number of anilines is 1. The van der Waals surface area contributed by atoms with E-state index in [-0.39, 0.29) is 49.1 Å². The highest BCUT2D eigenvalue weighted by Crippen LogP contribution is 2.47. The Morgan fingerprint density at radius 2 is 2.03 bits per heavy atom. The molecule has 0 bridgehead atoms. The molecular weight excluding hydrogens is 448 g/mol. The van der Waals surface area contributed by atoms with Gasteiger partial charge in [0.15, 0.2) is 0 Å². The summed E-state index contributed by atoms with van der Waals surface area (Å²) < 4.78 is 12.2. The van der Waals surface area contributed by atoms with Crippen LogP contribution >= 0.6 is 0 Å². The van der Waals surface area contributed by atoms with Crippen molar-refractivity contribution < 1.29 is 24.2 Å². The second-order valence-corrected chi connectivity index (χ2v) is 9.58. The van der Waals surface area contributed by atoms with Gasteiger partial charge < -0.3 is 30.5 Å². The van der Waals surface area contributed by atoms with Crippen molar-refractivity contribution in [3.63, 3.8) is 0 Å². The third-order valence-electron chi connectivity index (χ3n) is 7.07. The lowest BCUT2D eigenvalue weighted by Crippen LogP contribution is -2.47.